The molecular weight excluding hydrogens is 328 g/mol. The predicted octanol–water partition coefficient (Wildman–Crippen LogP) is 4.51. The lowest BCUT2D eigenvalue weighted by molar-refractivity contribution is 0.104. The van der Waals surface area contributed by atoms with Gasteiger partial charge < -0.3 is 19.4 Å². The van der Waals surface area contributed by atoms with E-state index in [1.807, 2.05) is 50.2 Å². The number of aryl methyl sites for hydroxylation is 2. The lowest BCUT2D eigenvalue weighted by Crippen LogP contribution is -2.05. The molecule has 0 saturated heterocycles. The second-order valence-corrected chi connectivity index (χ2v) is 6.34. The average molecular weight is 348 g/mol. The van der Waals surface area contributed by atoms with Crippen LogP contribution in [0.4, 0.5) is 0 Å². The normalized spacial score (nSPS) is 11.2. The lowest BCUT2D eigenvalue weighted by Gasteiger charge is -2.07. The van der Waals surface area contributed by atoms with Crippen molar-refractivity contribution in [3.05, 3.63) is 58.9 Å². The van der Waals surface area contributed by atoms with Crippen molar-refractivity contribution in [2.45, 2.75) is 13.8 Å². The Balaban J connectivity index is 2.04. The maximum atomic E-state index is 13.6. The van der Waals surface area contributed by atoms with Gasteiger partial charge in [0.1, 0.15) is 11.5 Å². The first kappa shape index (κ1) is 16.3. The van der Waals surface area contributed by atoms with Gasteiger partial charge in [0.05, 0.1) is 47.2 Å². The highest BCUT2D eigenvalue weighted by Crippen LogP contribution is 2.37. The zero-order valence-electron chi connectivity index (χ0n) is 15.2. The number of ketones is 1. The van der Waals surface area contributed by atoms with Crippen LogP contribution in [0, 0.1) is 13.8 Å². The van der Waals surface area contributed by atoms with Crippen molar-refractivity contribution in [2.75, 3.05) is 14.2 Å². The second kappa shape index (κ2) is 5.95. The van der Waals surface area contributed by atoms with Gasteiger partial charge in [-0.1, -0.05) is 12.1 Å². The SMILES string of the molecule is COc1cccc2[nH]c(C)c(C(=O)c3c(C)[nH]c4cccc(OC)c34)c12. The number of nitrogens with one attached hydrogen (secondary N) is 2. The van der Waals surface area contributed by atoms with E-state index in [-0.39, 0.29) is 5.78 Å². The Morgan fingerprint density at radius 3 is 1.58 bits per heavy atom. The maximum Gasteiger partial charge on any atom is 0.198 e. The van der Waals surface area contributed by atoms with Gasteiger partial charge in [-0.25, -0.2) is 0 Å². The van der Waals surface area contributed by atoms with Gasteiger partial charge in [-0.15, -0.1) is 0 Å². The number of carbonyl (C=O) groups is 1. The highest BCUT2D eigenvalue weighted by molar-refractivity contribution is 6.24. The van der Waals surface area contributed by atoms with Gasteiger partial charge in [0.15, 0.2) is 5.78 Å². The molecule has 0 amide bonds. The second-order valence-electron chi connectivity index (χ2n) is 6.34. The molecule has 132 valence electrons. The highest BCUT2D eigenvalue weighted by Gasteiger charge is 2.26. The molecule has 0 spiro atoms. The molecule has 2 N–H and O–H groups in total. The van der Waals surface area contributed by atoms with Gasteiger partial charge in [0.25, 0.3) is 0 Å². The van der Waals surface area contributed by atoms with E-state index in [0.29, 0.717) is 22.6 Å². The Kier molecular flexibility index (Phi) is 3.72. The molecule has 0 unspecified atom stereocenters. The molecule has 0 aliphatic carbocycles. The molecule has 26 heavy (non-hydrogen) atoms. The summed E-state index contributed by atoms with van der Waals surface area (Å²) in [6.07, 6.45) is 0. The summed E-state index contributed by atoms with van der Waals surface area (Å²) in [7, 11) is 3.23. The number of carbonyl (C=O) groups excluding carboxylic acids is 1. The first-order chi connectivity index (χ1) is 12.6. The first-order valence-electron chi connectivity index (χ1n) is 8.42. The van der Waals surface area contributed by atoms with E-state index < -0.39 is 0 Å². The molecule has 2 aromatic carbocycles. The fraction of sp³-hybridized carbons (Fsp3) is 0.190. The van der Waals surface area contributed by atoms with E-state index in [9.17, 15) is 4.79 Å². The average Bonchev–Trinajstić information content (AvgIpc) is 3.16. The van der Waals surface area contributed by atoms with Crippen LogP contribution in [0.3, 0.4) is 0 Å². The van der Waals surface area contributed by atoms with E-state index in [1.54, 1.807) is 14.2 Å². The molecule has 0 fully saturated rings. The quantitative estimate of drug-likeness (QED) is 0.533. The number of hydrogen-bond donors (Lipinski definition) is 2. The molecule has 2 heterocycles. The molecule has 0 aliphatic rings. The van der Waals surface area contributed by atoms with Gasteiger partial charge in [0, 0.05) is 11.4 Å². The van der Waals surface area contributed by atoms with Gasteiger partial charge in [0.2, 0.25) is 0 Å². The number of hydrogen-bond acceptors (Lipinski definition) is 3. The summed E-state index contributed by atoms with van der Waals surface area (Å²) in [6.45, 7) is 3.82. The highest BCUT2D eigenvalue weighted by atomic mass is 16.5. The van der Waals surface area contributed by atoms with Crippen molar-refractivity contribution >= 4 is 27.6 Å². The number of ether oxygens (including phenoxy) is 2. The molecule has 0 atom stereocenters. The number of aromatic nitrogens is 2. The molecule has 4 rings (SSSR count). The Bertz CT molecular complexity index is 1060. The lowest BCUT2D eigenvalue weighted by atomic mass is 9.97. The Labute approximate surface area is 150 Å². The van der Waals surface area contributed by atoms with Crippen LogP contribution < -0.4 is 9.47 Å². The van der Waals surface area contributed by atoms with Crippen molar-refractivity contribution in [1.29, 1.82) is 0 Å². The Morgan fingerprint density at radius 1 is 0.769 bits per heavy atom. The zero-order valence-corrected chi connectivity index (χ0v) is 15.2. The minimum Gasteiger partial charge on any atom is -0.496 e. The number of benzene rings is 2. The summed E-state index contributed by atoms with van der Waals surface area (Å²) in [4.78, 5) is 20.2. The number of H-pyrrole nitrogens is 2. The van der Waals surface area contributed by atoms with Crippen molar-refractivity contribution in [2.24, 2.45) is 0 Å². The minimum absolute atomic E-state index is 0.0495. The van der Waals surface area contributed by atoms with Gasteiger partial charge in [-0.2, -0.15) is 0 Å². The molecule has 5 nitrogen and oxygen atoms in total. The predicted molar refractivity (Wildman–Crippen MR) is 103 cm³/mol. The number of aromatic amines is 2. The monoisotopic (exact) mass is 348 g/mol. The van der Waals surface area contributed by atoms with Crippen LogP contribution in [0.5, 0.6) is 11.5 Å². The Hall–Kier alpha value is -3.21. The topological polar surface area (TPSA) is 67.1 Å². The van der Waals surface area contributed by atoms with E-state index in [1.165, 1.54) is 0 Å². The molecule has 0 bridgehead atoms. The van der Waals surface area contributed by atoms with Crippen LogP contribution in [0.2, 0.25) is 0 Å². The molecule has 2 aromatic heterocycles. The smallest absolute Gasteiger partial charge is 0.198 e. The summed E-state index contributed by atoms with van der Waals surface area (Å²) >= 11 is 0. The third-order valence-corrected chi connectivity index (χ3v) is 4.84. The van der Waals surface area contributed by atoms with Gasteiger partial charge in [-0.3, -0.25) is 4.79 Å². The molecular formula is C21H20N2O3. The van der Waals surface area contributed by atoms with Crippen molar-refractivity contribution < 1.29 is 14.3 Å². The summed E-state index contributed by atoms with van der Waals surface area (Å²) in [5, 5.41) is 1.61. The fourth-order valence-corrected chi connectivity index (χ4v) is 3.72. The standard InChI is InChI=1S/C21H20N2O3/c1-11-17(19-13(22-11)7-5-9-15(19)25-3)21(24)18-12(2)23-14-8-6-10-16(26-4)20(14)18/h5-10,22-23H,1-4H3. The molecule has 0 aliphatic heterocycles. The molecule has 0 radical (unpaired) electrons. The Morgan fingerprint density at radius 2 is 1.19 bits per heavy atom. The van der Waals surface area contributed by atoms with Crippen molar-refractivity contribution in [3.63, 3.8) is 0 Å². The summed E-state index contributed by atoms with van der Waals surface area (Å²) in [5.74, 6) is 1.31. The zero-order chi connectivity index (χ0) is 18.4. The van der Waals surface area contributed by atoms with Crippen LogP contribution in [0.25, 0.3) is 21.8 Å². The number of rotatable bonds is 4. The van der Waals surface area contributed by atoms with Crippen molar-refractivity contribution in [1.82, 2.24) is 9.97 Å². The van der Waals surface area contributed by atoms with Crippen LogP contribution in [0.1, 0.15) is 27.3 Å². The summed E-state index contributed by atoms with van der Waals surface area (Å²) < 4.78 is 11.0. The number of methoxy groups -OCH3 is 2. The van der Waals surface area contributed by atoms with Gasteiger partial charge >= 0.3 is 0 Å². The first-order valence-corrected chi connectivity index (χ1v) is 8.42. The largest absolute Gasteiger partial charge is 0.496 e. The fourth-order valence-electron chi connectivity index (χ4n) is 3.72. The summed E-state index contributed by atoms with van der Waals surface area (Å²) in [5.41, 5.74) is 4.67. The van der Waals surface area contributed by atoms with Gasteiger partial charge in [-0.05, 0) is 38.1 Å². The van der Waals surface area contributed by atoms with E-state index in [4.69, 9.17) is 9.47 Å². The van der Waals surface area contributed by atoms with Crippen LogP contribution >= 0.6 is 0 Å². The van der Waals surface area contributed by atoms with E-state index >= 15 is 0 Å². The van der Waals surface area contributed by atoms with Crippen LogP contribution in [-0.2, 0) is 0 Å². The molecule has 4 aromatic rings. The number of fused-ring (bicyclic) bond motifs is 2. The van der Waals surface area contributed by atoms with Crippen LogP contribution in [-0.4, -0.2) is 30.0 Å². The molecule has 5 heteroatoms. The summed E-state index contributed by atoms with van der Waals surface area (Å²) in [6, 6.07) is 11.5. The van der Waals surface area contributed by atoms with Crippen molar-refractivity contribution in [3.8, 4) is 11.5 Å². The van der Waals surface area contributed by atoms with Crippen LogP contribution in [0.15, 0.2) is 36.4 Å². The minimum atomic E-state index is -0.0495. The third-order valence-electron chi connectivity index (χ3n) is 4.84. The van der Waals surface area contributed by atoms with E-state index in [2.05, 4.69) is 9.97 Å². The van der Waals surface area contributed by atoms with E-state index in [0.717, 1.165) is 33.2 Å². The molecule has 0 saturated carbocycles. The maximum absolute atomic E-state index is 13.6. The third kappa shape index (κ3) is 2.20.